The zero-order chi connectivity index (χ0) is 31.4. The number of anilines is 1. The molecule has 2 aromatic rings. The number of nitrogens with one attached hydrogen (secondary N) is 1. The molecule has 43 heavy (non-hydrogen) atoms. The lowest BCUT2D eigenvalue weighted by Crippen LogP contribution is -2.42. The molecule has 1 fully saturated rings. The van der Waals surface area contributed by atoms with Gasteiger partial charge in [0.05, 0.1) is 12.3 Å². The van der Waals surface area contributed by atoms with Gasteiger partial charge in [-0.3, -0.25) is 5.32 Å². The summed E-state index contributed by atoms with van der Waals surface area (Å²) in [5.41, 5.74) is -6.50. The highest BCUT2D eigenvalue weighted by Crippen LogP contribution is 2.45. The van der Waals surface area contributed by atoms with Gasteiger partial charge in [-0.25, -0.2) is 14.6 Å². The predicted octanol–water partition coefficient (Wildman–Crippen LogP) is 6.90. The molecule has 1 saturated carbocycles. The van der Waals surface area contributed by atoms with E-state index in [4.69, 9.17) is 9.15 Å². The molecule has 2 aromatic heterocycles. The summed E-state index contributed by atoms with van der Waals surface area (Å²) in [6.45, 7) is 1.72. The summed E-state index contributed by atoms with van der Waals surface area (Å²) in [7, 11) is 0. The number of ether oxygens (including phenoxy) is 3. The van der Waals surface area contributed by atoms with Crippen molar-refractivity contribution in [3.05, 3.63) is 17.5 Å². The molecule has 1 aliphatic carbocycles. The van der Waals surface area contributed by atoms with Crippen molar-refractivity contribution in [2.45, 2.75) is 95.2 Å². The second-order valence-corrected chi connectivity index (χ2v) is 10.5. The minimum Gasteiger partial charge on any atom is -0.474 e. The Balaban J connectivity index is 1.79. The minimum atomic E-state index is -5.24. The van der Waals surface area contributed by atoms with Crippen molar-refractivity contribution in [1.82, 2.24) is 15.2 Å². The van der Waals surface area contributed by atoms with E-state index in [1.807, 2.05) is 5.32 Å². The average Bonchev–Trinajstić information content (AvgIpc) is 3.58. The minimum absolute atomic E-state index is 0.0887. The molecular formula is C26H30F6N4O7. The summed E-state index contributed by atoms with van der Waals surface area (Å²) >= 11 is 0. The molecular weight excluding hydrogens is 594 g/mol. The van der Waals surface area contributed by atoms with Crippen molar-refractivity contribution in [1.29, 1.82) is 0 Å². The van der Waals surface area contributed by atoms with Gasteiger partial charge in [-0.2, -0.15) is 26.3 Å². The number of hydrogen-bond acceptors (Lipinski definition) is 10. The second kappa shape index (κ2) is 12.9. The second-order valence-electron chi connectivity index (χ2n) is 10.5. The van der Waals surface area contributed by atoms with Crippen LogP contribution in [0.5, 0.6) is 5.88 Å². The number of pyridine rings is 1. The van der Waals surface area contributed by atoms with E-state index in [-0.39, 0.29) is 31.8 Å². The molecule has 0 radical (unpaired) electrons. The molecule has 17 heteroatoms. The van der Waals surface area contributed by atoms with Gasteiger partial charge in [0.2, 0.25) is 11.5 Å². The number of aromatic nitrogens is 3. The van der Waals surface area contributed by atoms with Crippen molar-refractivity contribution < 1.29 is 59.7 Å². The normalized spacial score (nSPS) is 21.3. The third kappa shape index (κ3) is 8.06. The number of aliphatic hydroxyl groups is 1. The Bertz CT molecular complexity index is 1300. The Morgan fingerprint density at radius 1 is 1.12 bits per heavy atom. The predicted molar refractivity (Wildman–Crippen MR) is 134 cm³/mol. The van der Waals surface area contributed by atoms with Crippen LogP contribution in [0.1, 0.15) is 82.6 Å². The first kappa shape index (κ1) is 32.3. The first-order valence-corrected chi connectivity index (χ1v) is 13.8. The van der Waals surface area contributed by atoms with E-state index in [0.29, 0.717) is 31.7 Å². The number of amides is 1. The van der Waals surface area contributed by atoms with Gasteiger partial charge in [0, 0.05) is 0 Å². The summed E-state index contributed by atoms with van der Waals surface area (Å²) in [4.78, 5) is 28.0. The number of unbranched alkanes of at least 4 members (excludes halogenated alkanes) is 1. The molecule has 1 unspecified atom stereocenters. The fourth-order valence-electron chi connectivity index (χ4n) is 4.48. The van der Waals surface area contributed by atoms with Gasteiger partial charge in [-0.05, 0) is 50.5 Å². The van der Waals surface area contributed by atoms with Crippen LogP contribution in [-0.2, 0) is 21.3 Å². The SMILES string of the molecule is CCCCOC(=O)OC(=O)Nc1cc(C(F)(F)F)c2nc1-c1nnc(o1)[C@@](O)(C(F)(F)F)CCCCCC(CC1CC1)O2. The van der Waals surface area contributed by atoms with E-state index in [1.54, 1.807) is 6.92 Å². The molecule has 0 saturated heterocycles. The van der Waals surface area contributed by atoms with Crippen molar-refractivity contribution in [3.63, 3.8) is 0 Å². The van der Waals surface area contributed by atoms with E-state index >= 15 is 0 Å². The molecule has 4 bridgehead atoms. The lowest BCUT2D eigenvalue weighted by atomic mass is 9.94. The van der Waals surface area contributed by atoms with Crippen LogP contribution in [0, 0.1) is 5.92 Å². The number of hydrogen-bond donors (Lipinski definition) is 2. The number of carbonyl (C=O) groups is 2. The molecule has 238 valence electrons. The first-order chi connectivity index (χ1) is 20.2. The van der Waals surface area contributed by atoms with E-state index in [9.17, 15) is 41.0 Å². The summed E-state index contributed by atoms with van der Waals surface area (Å²) in [6.07, 6.45) is -11.1. The quantitative estimate of drug-likeness (QED) is 0.151. The van der Waals surface area contributed by atoms with Gasteiger partial charge < -0.3 is 23.7 Å². The molecule has 1 aliphatic heterocycles. The molecule has 2 aliphatic rings. The van der Waals surface area contributed by atoms with E-state index in [1.165, 1.54) is 0 Å². The molecule has 3 heterocycles. The largest absolute Gasteiger partial charge is 0.517 e. The van der Waals surface area contributed by atoms with Crippen LogP contribution in [0.2, 0.25) is 0 Å². The molecule has 0 aromatic carbocycles. The zero-order valence-corrected chi connectivity index (χ0v) is 23.0. The topological polar surface area (TPSA) is 146 Å². The van der Waals surface area contributed by atoms with Crippen LogP contribution in [0.4, 0.5) is 41.6 Å². The first-order valence-electron chi connectivity index (χ1n) is 13.8. The van der Waals surface area contributed by atoms with Crippen molar-refractivity contribution in [2.75, 3.05) is 11.9 Å². The van der Waals surface area contributed by atoms with Gasteiger partial charge in [0.1, 0.15) is 11.7 Å². The van der Waals surface area contributed by atoms with E-state index in [2.05, 4.69) is 24.7 Å². The number of carbonyl (C=O) groups excluding carboxylic acids is 2. The number of alkyl halides is 6. The Morgan fingerprint density at radius 2 is 1.86 bits per heavy atom. The van der Waals surface area contributed by atoms with Gasteiger partial charge in [-0.15, -0.1) is 10.2 Å². The maximum atomic E-state index is 14.2. The molecule has 1 amide bonds. The highest BCUT2D eigenvalue weighted by Gasteiger charge is 2.58. The monoisotopic (exact) mass is 624 g/mol. The lowest BCUT2D eigenvalue weighted by molar-refractivity contribution is -0.277. The van der Waals surface area contributed by atoms with Crippen LogP contribution in [-0.4, -0.2) is 51.4 Å². The summed E-state index contributed by atoms with van der Waals surface area (Å²) in [5.74, 6) is -2.84. The summed E-state index contributed by atoms with van der Waals surface area (Å²) in [6, 6.07) is 0.404. The third-order valence-electron chi connectivity index (χ3n) is 7.01. The highest BCUT2D eigenvalue weighted by atomic mass is 19.4. The number of rotatable bonds is 6. The van der Waals surface area contributed by atoms with Crippen molar-refractivity contribution >= 4 is 17.9 Å². The number of fused-ring (bicyclic) bond motifs is 5. The Kier molecular flexibility index (Phi) is 9.71. The van der Waals surface area contributed by atoms with Gasteiger partial charge in [0.15, 0.2) is 5.69 Å². The Hall–Kier alpha value is -3.63. The summed E-state index contributed by atoms with van der Waals surface area (Å²) < 4.78 is 105. The van der Waals surface area contributed by atoms with Crippen LogP contribution in [0.15, 0.2) is 10.5 Å². The van der Waals surface area contributed by atoms with Gasteiger partial charge in [-0.1, -0.05) is 32.6 Å². The third-order valence-corrected chi connectivity index (χ3v) is 7.01. The van der Waals surface area contributed by atoms with Gasteiger partial charge >= 0.3 is 24.6 Å². The fourth-order valence-corrected chi connectivity index (χ4v) is 4.48. The Labute approximate surface area is 241 Å². The van der Waals surface area contributed by atoms with Crippen LogP contribution >= 0.6 is 0 Å². The van der Waals surface area contributed by atoms with E-state index < -0.39 is 77.3 Å². The fraction of sp³-hybridized carbons (Fsp3) is 0.654. The van der Waals surface area contributed by atoms with Crippen LogP contribution < -0.4 is 10.1 Å². The molecule has 0 spiro atoms. The zero-order valence-electron chi connectivity index (χ0n) is 23.0. The lowest BCUT2D eigenvalue weighted by Gasteiger charge is -2.27. The van der Waals surface area contributed by atoms with Crippen LogP contribution in [0.3, 0.4) is 0 Å². The standard InChI is InChI=1S/C26H30F6N4O7/c1-2-3-11-40-23(38)43-22(37)33-17-13-16(25(27,28)29)19-34-18(17)20-35-36-21(42-20)24(39,26(30,31)32)10-6-4-5-7-15(41-19)12-14-8-9-14/h13-15,39H,2-12H2,1H3,(H,33,37)/t15?,24-/m1/s1. The average molecular weight is 625 g/mol. The smallest absolute Gasteiger partial charge is 0.474 e. The molecule has 11 nitrogen and oxygen atoms in total. The number of halogens is 6. The molecule has 2 atom stereocenters. The highest BCUT2D eigenvalue weighted by molar-refractivity contribution is 5.94. The van der Waals surface area contributed by atoms with Crippen LogP contribution in [0.25, 0.3) is 11.6 Å². The van der Waals surface area contributed by atoms with Gasteiger partial charge in [0.25, 0.3) is 11.8 Å². The molecule has 4 rings (SSSR count). The maximum Gasteiger partial charge on any atom is 0.517 e. The van der Waals surface area contributed by atoms with E-state index in [0.717, 1.165) is 12.8 Å². The maximum absolute atomic E-state index is 14.2. The Morgan fingerprint density at radius 3 is 2.51 bits per heavy atom. The number of nitrogens with zero attached hydrogens (tertiary/aromatic N) is 3. The summed E-state index contributed by atoms with van der Waals surface area (Å²) in [5, 5.41) is 19.3. The van der Waals surface area contributed by atoms with Crippen molar-refractivity contribution in [3.8, 4) is 17.5 Å². The van der Waals surface area contributed by atoms with Crippen molar-refractivity contribution in [2.24, 2.45) is 5.92 Å². The molecule has 2 N–H and O–H groups in total.